The van der Waals surface area contributed by atoms with Gasteiger partial charge in [0, 0.05) is 5.69 Å². The Morgan fingerprint density at radius 2 is 1.70 bits per heavy atom. The van der Waals surface area contributed by atoms with Gasteiger partial charge in [-0.25, -0.2) is 13.4 Å². The minimum Gasteiger partial charge on any atom is -0.497 e. The van der Waals surface area contributed by atoms with Crippen LogP contribution in [0.1, 0.15) is 11.1 Å². The molecule has 0 aliphatic rings. The van der Waals surface area contributed by atoms with Gasteiger partial charge in [-0.15, -0.1) is 0 Å². The van der Waals surface area contributed by atoms with Crippen LogP contribution < -0.4 is 14.8 Å². The number of aryl methyl sites for hydroxylation is 1. The van der Waals surface area contributed by atoms with E-state index in [2.05, 4.69) is 15.0 Å². The molecule has 0 aliphatic heterocycles. The predicted molar refractivity (Wildman–Crippen MR) is 107 cm³/mol. The molecular weight excluding hydrogens is 362 g/mol. The number of methoxy groups -OCH3 is 1. The van der Waals surface area contributed by atoms with E-state index in [0.29, 0.717) is 17.3 Å². The van der Waals surface area contributed by atoms with E-state index in [-0.39, 0.29) is 4.90 Å². The molecule has 3 rings (SSSR count). The standard InChI is InChI=1S/C20H21N3O3S/c1-14-5-4-6-19(15(14)2)22-20-12-7-16(13-21-20)23-27(24,25)18-10-8-17(26-3)9-11-18/h4-13,23H,1-3H3,(H,21,22). The van der Waals surface area contributed by atoms with Gasteiger partial charge >= 0.3 is 0 Å². The van der Waals surface area contributed by atoms with Crippen LogP contribution in [-0.4, -0.2) is 20.5 Å². The van der Waals surface area contributed by atoms with Crippen LogP contribution in [0.3, 0.4) is 0 Å². The van der Waals surface area contributed by atoms with E-state index in [1.807, 2.05) is 32.0 Å². The summed E-state index contributed by atoms with van der Waals surface area (Å²) in [5, 5.41) is 3.25. The van der Waals surface area contributed by atoms with Crippen molar-refractivity contribution in [2.24, 2.45) is 0 Å². The van der Waals surface area contributed by atoms with Crippen molar-refractivity contribution in [1.29, 1.82) is 0 Å². The Morgan fingerprint density at radius 3 is 2.33 bits per heavy atom. The zero-order chi connectivity index (χ0) is 19.4. The summed E-state index contributed by atoms with van der Waals surface area (Å²) < 4.78 is 32.5. The Hall–Kier alpha value is -3.06. The maximum absolute atomic E-state index is 12.5. The molecule has 6 nitrogen and oxygen atoms in total. The summed E-state index contributed by atoms with van der Waals surface area (Å²) in [6.45, 7) is 4.08. The summed E-state index contributed by atoms with van der Waals surface area (Å²) in [7, 11) is -2.16. The molecule has 0 fully saturated rings. The second kappa shape index (κ2) is 7.67. The number of nitrogens with zero attached hydrogens (tertiary/aromatic N) is 1. The van der Waals surface area contributed by atoms with Gasteiger partial charge in [-0.05, 0) is 67.4 Å². The highest BCUT2D eigenvalue weighted by Gasteiger charge is 2.14. The smallest absolute Gasteiger partial charge is 0.261 e. The Bertz CT molecular complexity index is 1030. The molecule has 0 unspecified atom stereocenters. The number of ether oxygens (including phenoxy) is 1. The highest BCUT2D eigenvalue weighted by atomic mass is 32.2. The van der Waals surface area contributed by atoms with E-state index < -0.39 is 10.0 Å². The van der Waals surface area contributed by atoms with Crippen LogP contribution >= 0.6 is 0 Å². The summed E-state index contributed by atoms with van der Waals surface area (Å²) in [6.07, 6.45) is 1.48. The number of pyridine rings is 1. The lowest BCUT2D eigenvalue weighted by Gasteiger charge is -2.12. The number of nitrogens with one attached hydrogen (secondary N) is 2. The fourth-order valence-corrected chi connectivity index (χ4v) is 3.56. The number of hydrogen-bond acceptors (Lipinski definition) is 5. The van der Waals surface area contributed by atoms with E-state index in [9.17, 15) is 8.42 Å². The lowest BCUT2D eigenvalue weighted by atomic mass is 10.1. The van der Waals surface area contributed by atoms with E-state index in [1.54, 1.807) is 24.3 Å². The topological polar surface area (TPSA) is 80.3 Å². The van der Waals surface area contributed by atoms with Crippen LogP contribution in [0.15, 0.2) is 65.7 Å². The van der Waals surface area contributed by atoms with Crippen molar-refractivity contribution >= 4 is 27.2 Å². The molecule has 0 spiro atoms. The highest BCUT2D eigenvalue weighted by molar-refractivity contribution is 7.92. The van der Waals surface area contributed by atoms with Crippen LogP contribution in [0, 0.1) is 13.8 Å². The van der Waals surface area contributed by atoms with Crippen molar-refractivity contribution in [2.45, 2.75) is 18.7 Å². The van der Waals surface area contributed by atoms with E-state index in [4.69, 9.17) is 4.74 Å². The van der Waals surface area contributed by atoms with E-state index >= 15 is 0 Å². The summed E-state index contributed by atoms with van der Waals surface area (Å²) in [6, 6.07) is 15.6. The molecule has 0 aliphatic carbocycles. The zero-order valence-electron chi connectivity index (χ0n) is 15.4. The number of benzene rings is 2. The molecule has 0 atom stereocenters. The number of aromatic nitrogens is 1. The third-order valence-electron chi connectivity index (χ3n) is 4.25. The maximum Gasteiger partial charge on any atom is 0.261 e. The second-order valence-electron chi connectivity index (χ2n) is 6.09. The first-order valence-corrected chi connectivity index (χ1v) is 9.83. The SMILES string of the molecule is COc1ccc(S(=O)(=O)Nc2ccc(Nc3cccc(C)c3C)nc2)cc1. The molecule has 3 aromatic rings. The van der Waals surface area contributed by atoms with Gasteiger partial charge in [0.25, 0.3) is 10.0 Å². The molecule has 0 saturated heterocycles. The van der Waals surface area contributed by atoms with Gasteiger partial charge in [0.1, 0.15) is 11.6 Å². The summed E-state index contributed by atoms with van der Waals surface area (Å²) >= 11 is 0. The van der Waals surface area contributed by atoms with Crippen LogP contribution in [0.25, 0.3) is 0 Å². The quantitative estimate of drug-likeness (QED) is 0.665. The van der Waals surface area contributed by atoms with E-state index in [1.165, 1.54) is 31.0 Å². The molecule has 27 heavy (non-hydrogen) atoms. The zero-order valence-corrected chi connectivity index (χ0v) is 16.2. The summed E-state index contributed by atoms with van der Waals surface area (Å²) in [5.74, 6) is 1.23. The van der Waals surface area contributed by atoms with Crippen molar-refractivity contribution in [3.8, 4) is 5.75 Å². The van der Waals surface area contributed by atoms with Crippen molar-refractivity contribution in [3.63, 3.8) is 0 Å². The van der Waals surface area contributed by atoms with E-state index in [0.717, 1.165) is 11.3 Å². The van der Waals surface area contributed by atoms with Gasteiger partial charge < -0.3 is 10.1 Å². The molecule has 1 heterocycles. The first-order chi connectivity index (χ1) is 12.9. The van der Waals surface area contributed by atoms with Crippen molar-refractivity contribution in [2.75, 3.05) is 17.1 Å². The molecule has 7 heteroatoms. The third-order valence-corrected chi connectivity index (χ3v) is 5.65. The van der Waals surface area contributed by atoms with Gasteiger partial charge in [-0.3, -0.25) is 4.72 Å². The molecule has 2 N–H and O–H groups in total. The molecule has 0 bridgehead atoms. The fraction of sp³-hybridized carbons (Fsp3) is 0.150. The largest absolute Gasteiger partial charge is 0.497 e. The number of sulfonamides is 1. The summed E-state index contributed by atoms with van der Waals surface area (Å²) in [5.41, 5.74) is 3.68. The van der Waals surface area contributed by atoms with Crippen LogP contribution in [-0.2, 0) is 10.0 Å². The van der Waals surface area contributed by atoms with Crippen molar-refractivity contribution in [3.05, 3.63) is 71.9 Å². The average molecular weight is 383 g/mol. The van der Waals surface area contributed by atoms with Crippen LogP contribution in [0.5, 0.6) is 5.75 Å². The fourth-order valence-electron chi connectivity index (χ4n) is 2.52. The van der Waals surface area contributed by atoms with Crippen molar-refractivity contribution in [1.82, 2.24) is 4.98 Å². The Morgan fingerprint density at radius 1 is 0.963 bits per heavy atom. The van der Waals surface area contributed by atoms with Gasteiger partial charge in [0.2, 0.25) is 0 Å². The van der Waals surface area contributed by atoms with Gasteiger partial charge in [-0.1, -0.05) is 12.1 Å². The minimum atomic E-state index is -3.69. The van der Waals surface area contributed by atoms with Gasteiger partial charge in [0.15, 0.2) is 0 Å². The normalized spacial score (nSPS) is 11.1. The van der Waals surface area contributed by atoms with Gasteiger partial charge in [0.05, 0.1) is 23.9 Å². The maximum atomic E-state index is 12.5. The molecule has 0 amide bonds. The molecule has 0 saturated carbocycles. The number of anilines is 3. The molecular formula is C20H21N3O3S. The first kappa shape index (κ1) is 18.7. The Kier molecular flexibility index (Phi) is 5.32. The molecule has 2 aromatic carbocycles. The van der Waals surface area contributed by atoms with Crippen LogP contribution in [0.4, 0.5) is 17.2 Å². The predicted octanol–water partition coefficient (Wildman–Crippen LogP) is 4.25. The Balaban J connectivity index is 1.74. The van der Waals surface area contributed by atoms with Crippen LogP contribution in [0.2, 0.25) is 0 Å². The number of rotatable bonds is 6. The molecule has 0 radical (unpaired) electrons. The van der Waals surface area contributed by atoms with Gasteiger partial charge in [-0.2, -0.15) is 0 Å². The monoisotopic (exact) mass is 383 g/mol. The lowest BCUT2D eigenvalue weighted by Crippen LogP contribution is -2.13. The minimum absolute atomic E-state index is 0.154. The lowest BCUT2D eigenvalue weighted by molar-refractivity contribution is 0.414. The number of hydrogen-bond donors (Lipinski definition) is 2. The highest BCUT2D eigenvalue weighted by Crippen LogP contribution is 2.23. The molecule has 1 aromatic heterocycles. The molecule has 140 valence electrons. The Labute approximate surface area is 159 Å². The van der Waals surface area contributed by atoms with Crippen molar-refractivity contribution < 1.29 is 13.2 Å². The third kappa shape index (κ3) is 4.38. The second-order valence-corrected chi connectivity index (χ2v) is 7.77. The summed E-state index contributed by atoms with van der Waals surface area (Å²) in [4.78, 5) is 4.45. The first-order valence-electron chi connectivity index (χ1n) is 8.35. The average Bonchev–Trinajstić information content (AvgIpc) is 2.67.